The number of anilines is 1. The molecule has 4 nitrogen and oxygen atoms in total. The second kappa shape index (κ2) is 7.57. The molecule has 0 saturated carbocycles. The van der Waals surface area contributed by atoms with Crippen molar-refractivity contribution in [2.45, 2.75) is 20.8 Å². The van der Waals surface area contributed by atoms with Crippen LogP contribution in [0.25, 0.3) is 0 Å². The van der Waals surface area contributed by atoms with Crippen molar-refractivity contribution in [1.82, 2.24) is 5.32 Å². The molecule has 0 atom stereocenters. The molecule has 0 unspecified atom stereocenters. The third kappa shape index (κ3) is 4.78. The summed E-state index contributed by atoms with van der Waals surface area (Å²) in [5.74, 6) is 0.656. The maximum absolute atomic E-state index is 11.8. The van der Waals surface area contributed by atoms with E-state index in [1.54, 1.807) is 12.1 Å². The number of carbonyl (C=O) groups is 1. The molecule has 0 bridgehead atoms. The van der Waals surface area contributed by atoms with E-state index < -0.39 is 0 Å². The summed E-state index contributed by atoms with van der Waals surface area (Å²) in [7, 11) is 0. The van der Waals surface area contributed by atoms with Gasteiger partial charge in [-0.1, -0.05) is 29.3 Å². The average Bonchev–Trinajstić information content (AvgIpc) is 2.48. The zero-order chi connectivity index (χ0) is 17.0. The van der Waals surface area contributed by atoms with Crippen molar-refractivity contribution in [3.8, 4) is 5.75 Å². The quantitative estimate of drug-likeness (QED) is 0.754. The summed E-state index contributed by atoms with van der Waals surface area (Å²) in [5, 5.41) is 6.64. The van der Waals surface area contributed by atoms with Gasteiger partial charge in [0.15, 0.2) is 6.73 Å². The van der Waals surface area contributed by atoms with Crippen molar-refractivity contribution in [1.29, 1.82) is 0 Å². The van der Waals surface area contributed by atoms with E-state index in [0.717, 1.165) is 21.7 Å². The molecule has 2 amide bonds. The van der Waals surface area contributed by atoms with Gasteiger partial charge < -0.3 is 15.4 Å². The number of urea groups is 1. The molecule has 122 valence electrons. The molecular weight excluding hydrogens is 335 g/mol. The molecule has 0 fully saturated rings. The molecular formula is C17H18Cl2N2O2. The number of nitrogens with one attached hydrogen (secondary N) is 2. The Labute approximate surface area is 145 Å². The van der Waals surface area contributed by atoms with E-state index in [-0.39, 0.29) is 12.8 Å². The Morgan fingerprint density at radius 1 is 1.04 bits per heavy atom. The minimum atomic E-state index is -0.368. The molecule has 2 aromatic rings. The van der Waals surface area contributed by atoms with Crippen molar-refractivity contribution in [2.75, 3.05) is 12.0 Å². The van der Waals surface area contributed by atoms with Crippen LogP contribution in [0.15, 0.2) is 30.3 Å². The summed E-state index contributed by atoms with van der Waals surface area (Å²) in [5.41, 5.74) is 3.44. The number of ether oxygens (including phenoxy) is 1. The normalized spacial score (nSPS) is 10.3. The first kappa shape index (κ1) is 17.4. The van der Waals surface area contributed by atoms with Crippen LogP contribution in [0.2, 0.25) is 10.0 Å². The van der Waals surface area contributed by atoms with Crippen LogP contribution in [0.1, 0.15) is 16.7 Å². The molecule has 0 aromatic heterocycles. The molecule has 6 heteroatoms. The molecule has 2 rings (SSSR count). The largest absolute Gasteiger partial charge is 0.473 e. The minimum absolute atomic E-state index is 0.0476. The summed E-state index contributed by atoms with van der Waals surface area (Å²) in [6, 6.07) is 8.61. The molecule has 0 aliphatic carbocycles. The number of aryl methyl sites for hydroxylation is 3. The summed E-state index contributed by atoms with van der Waals surface area (Å²) in [4.78, 5) is 11.8. The number of rotatable bonds is 4. The lowest BCUT2D eigenvalue weighted by atomic mass is 10.1. The smallest absolute Gasteiger partial charge is 0.321 e. The van der Waals surface area contributed by atoms with E-state index in [0.29, 0.717) is 16.5 Å². The second-order valence-electron chi connectivity index (χ2n) is 5.25. The lowest BCUT2D eigenvalue weighted by Crippen LogP contribution is -2.32. The van der Waals surface area contributed by atoms with Crippen LogP contribution in [0.3, 0.4) is 0 Å². The monoisotopic (exact) mass is 352 g/mol. The Morgan fingerprint density at radius 2 is 1.70 bits per heavy atom. The second-order valence-corrected chi connectivity index (χ2v) is 6.04. The fourth-order valence-corrected chi connectivity index (χ4v) is 2.31. The zero-order valence-corrected chi connectivity index (χ0v) is 14.7. The van der Waals surface area contributed by atoms with Crippen LogP contribution in [-0.4, -0.2) is 12.8 Å². The van der Waals surface area contributed by atoms with Gasteiger partial charge in [0.25, 0.3) is 0 Å². The number of benzene rings is 2. The highest BCUT2D eigenvalue weighted by Gasteiger charge is 2.06. The Kier molecular flexibility index (Phi) is 5.74. The van der Waals surface area contributed by atoms with Crippen LogP contribution in [-0.2, 0) is 0 Å². The highest BCUT2D eigenvalue weighted by atomic mass is 35.5. The van der Waals surface area contributed by atoms with Gasteiger partial charge in [0.2, 0.25) is 0 Å². The number of carbonyl (C=O) groups excluding carboxylic acids is 1. The van der Waals surface area contributed by atoms with Crippen LogP contribution < -0.4 is 15.4 Å². The van der Waals surface area contributed by atoms with Crippen molar-refractivity contribution in [2.24, 2.45) is 0 Å². The summed E-state index contributed by atoms with van der Waals surface area (Å²) in [6.07, 6.45) is 0. The number of hydrogen-bond donors (Lipinski definition) is 2. The molecule has 2 N–H and O–H groups in total. The van der Waals surface area contributed by atoms with Gasteiger partial charge in [-0.15, -0.1) is 0 Å². The Bertz CT molecular complexity index is 710. The number of hydrogen-bond acceptors (Lipinski definition) is 2. The summed E-state index contributed by atoms with van der Waals surface area (Å²) < 4.78 is 5.52. The van der Waals surface area contributed by atoms with E-state index in [9.17, 15) is 4.79 Å². The highest BCUT2D eigenvalue weighted by molar-refractivity contribution is 6.32. The predicted octanol–water partition coefficient (Wildman–Crippen LogP) is 5.08. The Morgan fingerprint density at radius 3 is 2.30 bits per heavy atom. The van der Waals surface area contributed by atoms with E-state index >= 15 is 0 Å². The first-order valence-electron chi connectivity index (χ1n) is 7.07. The molecule has 0 aliphatic heterocycles. The zero-order valence-electron chi connectivity index (χ0n) is 13.2. The Hall–Kier alpha value is -1.91. The topological polar surface area (TPSA) is 50.4 Å². The lowest BCUT2D eigenvalue weighted by Gasteiger charge is -2.12. The molecule has 0 heterocycles. The standard InChI is InChI=1S/C17H18Cl2N2O2/c1-10-4-5-13(8-15(10)18)21-17(22)20-9-23-14-6-11(2)16(19)12(3)7-14/h4-8H,9H2,1-3H3,(H2,20,21,22). The van der Waals surface area contributed by atoms with Gasteiger partial charge in [-0.05, 0) is 61.7 Å². The molecule has 0 saturated heterocycles. The van der Waals surface area contributed by atoms with Crippen LogP contribution in [0, 0.1) is 20.8 Å². The van der Waals surface area contributed by atoms with E-state index in [4.69, 9.17) is 27.9 Å². The van der Waals surface area contributed by atoms with Gasteiger partial charge in [0.1, 0.15) is 5.75 Å². The van der Waals surface area contributed by atoms with Crippen LogP contribution >= 0.6 is 23.2 Å². The third-order valence-corrected chi connectivity index (χ3v) is 4.31. The maximum atomic E-state index is 11.8. The van der Waals surface area contributed by atoms with Crippen LogP contribution in [0.5, 0.6) is 5.75 Å². The minimum Gasteiger partial charge on any atom is -0.473 e. The van der Waals surface area contributed by atoms with E-state index in [1.165, 1.54) is 0 Å². The van der Waals surface area contributed by atoms with Gasteiger partial charge in [-0.3, -0.25) is 0 Å². The first-order valence-corrected chi connectivity index (χ1v) is 7.83. The fraction of sp³-hybridized carbons (Fsp3) is 0.235. The van der Waals surface area contributed by atoms with E-state index in [1.807, 2.05) is 39.0 Å². The maximum Gasteiger partial charge on any atom is 0.321 e. The van der Waals surface area contributed by atoms with Gasteiger partial charge in [-0.2, -0.15) is 0 Å². The van der Waals surface area contributed by atoms with Crippen molar-refractivity contribution in [3.05, 3.63) is 57.1 Å². The molecule has 23 heavy (non-hydrogen) atoms. The first-order chi connectivity index (χ1) is 10.9. The Balaban J connectivity index is 1.86. The van der Waals surface area contributed by atoms with Gasteiger partial charge in [0.05, 0.1) is 0 Å². The number of halogens is 2. The van der Waals surface area contributed by atoms with E-state index in [2.05, 4.69) is 10.6 Å². The predicted molar refractivity (Wildman–Crippen MR) is 94.8 cm³/mol. The molecule has 2 aromatic carbocycles. The lowest BCUT2D eigenvalue weighted by molar-refractivity contribution is 0.234. The SMILES string of the molecule is Cc1ccc(NC(=O)NCOc2cc(C)c(Cl)c(C)c2)cc1Cl. The number of amides is 2. The van der Waals surface area contributed by atoms with Crippen molar-refractivity contribution < 1.29 is 9.53 Å². The molecule has 0 spiro atoms. The average molecular weight is 353 g/mol. The van der Waals surface area contributed by atoms with Crippen LogP contribution in [0.4, 0.5) is 10.5 Å². The summed E-state index contributed by atoms with van der Waals surface area (Å²) >= 11 is 12.1. The van der Waals surface area contributed by atoms with Crippen molar-refractivity contribution in [3.63, 3.8) is 0 Å². The van der Waals surface area contributed by atoms with Crippen molar-refractivity contribution >= 4 is 34.9 Å². The van der Waals surface area contributed by atoms with Gasteiger partial charge >= 0.3 is 6.03 Å². The summed E-state index contributed by atoms with van der Waals surface area (Å²) in [6.45, 7) is 5.76. The van der Waals surface area contributed by atoms with Gasteiger partial charge in [0, 0.05) is 15.7 Å². The van der Waals surface area contributed by atoms with Gasteiger partial charge in [-0.25, -0.2) is 4.79 Å². The highest BCUT2D eigenvalue weighted by Crippen LogP contribution is 2.25. The third-order valence-electron chi connectivity index (χ3n) is 3.31. The fourth-order valence-electron chi connectivity index (χ4n) is 2.02. The molecule has 0 aliphatic rings. The molecule has 0 radical (unpaired) electrons.